The second-order valence-electron chi connectivity index (χ2n) is 5.79. The maximum absolute atomic E-state index is 12.5. The van der Waals surface area contributed by atoms with Crippen LogP contribution in [0.2, 0.25) is 5.02 Å². The first-order chi connectivity index (χ1) is 12.5. The smallest absolute Gasteiger partial charge is 0.230 e. The van der Waals surface area contributed by atoms with E-state index in [4.69, 9.17) is 21.1 Å². The van der Waals surface area contributed by atoms with Crippen LogP contribution in [-0.2, 0) is 9.59 Å². The number of pyridine rings is 1. The van der Waals surface area contributed by atoms with Crippen LogP contribution in [0.25, 0.3) is 0 Å². The summed E-state index contributed by atoms with van der Waals surface area (Å²) in [6.45, 7) is 0.265. The van der Waals surface area contributed by atoms with E-state index in [1.165, 1.54) is 13.3 Å². The number of halogens is 1. The molecule has 1 aliphatic rings. The molecule has 1 saturated heterocycles. The minimum atomic E-state index is -0.480. The number of nitrogens with one attached hydrogen (secondary N) is 1. The molecule has 136 valence electrons. The molecule has 7 nitrogen and oxygen atoms in total. The predicted molar refractivity (Wildman–Crippen MR) is 97.9 cm³/mol. The number of methoxy groups -OCH3 is 2. The van der Waals surface area contributed by atoms with Crippen LogP contribution >= 0.6 is 11.6 Å². The summed E-state index contributed by atoms with van der Waals surface area (Å²) in [5.74, 6) is 0.651. The van der Waals surface area contributed by atoms with Crippen molar-refractivity contribution in [3.05, 3.63) is 41.6 Å². The van der Waals surface area contributed by atoms with Gasteiger partial charge in [-0.25, -0.2) is 4.98 Å². The normalized spacial score (nSPS) is 16.5. The number of carbonyl (C=O) groups excluding carboxylic acids is 2. The molecule has 0 saturated carbocycles. The number of hydrogen-bond acceptors (Lipinski definition) is 5. The first-order valence-corrected chi connectivity index (χ1v) is 8.34. The first kappa shape index (κ1) is 18.0. The van der Waals surface area contributed by atoms with Gasteiger partial charge in [-0.1, -0.05) is 11.6 Å². The van der Waals surface area contributed by atoms with Crippen molar-refractivity contribution >= 4 is 34.9 Å². The van der Waals surface area contributed by atoms with Crippen molar-refractivity contribution in [1.82, 2.24) is 4.98 Å². The molecule has 0 unspecified atom stereocenters. The van der Waals surface area contributed by atoms with E-state index in [-0.39, 0.29) is 24.8 Å². The molecule has 8 heteroatoms. The number of carbonyl (C=O) groups is 2. The maximum atomic E-state index is 12.5. The Morgan fingerprint density at radius 2 is 2.08 bits per heavy atom. The molecule has 0 aliphatic carbocycles. The summed E-state index contributed by atoms with van der Waals surface area (Å²) in [7, 11) is 3.08. The predicted octanol–water partition coefficient (Wildman–Crippen LogP) is 2.74. The van der Waals surface area contributed by atoms with E-state index in [1.807, 2.05) is 0 Å². The molecule has 2 amide bonds. The van der Waals surface area contributed by atoms with Gasteiger partial charge in [-0.05, 0) is 24.3 Å². The molecule has 3 rings (SSSR count). The minimum absolute atomic E-state index is 0.120. The standard InChI is InChI=1S/C18H18ClN3O4/c1-25-13-4-5-14(15(8-13)26-2)22-10-11(7-17(22)23)18(24)21-16-6-3-12(19)9-20-16/h3-6,8-9,11H,7,10H2,1-2H3,(H,20,21,24)/t11-/m1/s1. The van der Waals surface area contributed by atoms with Gasteiger partial charge in [0.15, 0.2) is 0 Å². The Morgan fingerprint density at radius 3 is 2.73 bits per heavy atom. The second-order valence-corrected chi connectivity index (χ2v) is 6.23. The highest BCUT2D eigenvalue weighted by atomic mass is 35.5. The number of nitrogens with zero attached hydrogens (tertiary/aromatic N) is 2. The van der Waals surface area contributed by atoms with Crippen LogP contribution in [0.5, 0.6) is 11.5 Å². The van der Waals surface area contributed by atoms with Gasteiger partial charge in [0.25, 0.3) is 0 Å². The highest BCUT2D eigenvalue weighted by molar-refractivity contribution is 6.30. The molecule has 26 heavy (non-hydrogen) atoms. The number of benzene rings is 1. The van der Waals surface area contributed by atoms with E-state index in [0.717, 1.165) is 0 Å². The highest BCUT2D eigenvalue weighted by Crippen LogP contribution is 2.36. The summed E-state index contributed by atoms with van der Waals surface area (Å²) >= 11 is 5.78. The lowest BCUT2D eigenvalue weighted by atomic mass is 10.1. The third kappa shape index (κ3) is 3.72. The van der Waals surface area contributed by atoms with Crippen LogP contribution in [-0.4, -0.2) is 37.6 Å². The molecule has 0 bridgehead atoms. The molecule has 1 fully saturated rings. The average molecular weight is 376 g/mol. The van der Waals surface area contributed by atoms with Gasteiger partial charge in [0.05, 0.1) is 30.8 Å². The molecule has 1 aliphatic heterocycles. The summed E-state index contributed by atoms with van der Waals surface area (Å²) < 4.78 is 10.5. The van der Waals surface area contributed by atoms with Gasteiger partial charge in [-0.2, -0.15) is 0 Å². The van der Waals surface area contributed by atoms with Crippen molar-refractivity contribution in [2.75, 3.05) is 31.0 Å². The Balaban J connectivity index is 1.74. The SMILES string of the molecule is COc1ccc(N2C[C@H](C(=O)Nc3ccc(Cl)cn3)CC2=O)c(OC)c1. The Labute approximate surface area is 155 Å². The maximum Gasteiger partial charge on any atom is 0.230 e. The summed E-state index contributed by atoms with van der Waals surface area (Å²) in [6.07, 6.45) is 1.57. The number of anilines is 2. The van der Waals surface area contributed by atoms with Gasteiger partial charge in [0.2, 0.25) is 11.8 Å². The molecule has 1 N–H and O–H groups in total. The molecule has 0 radical (unpaired) electrons. The van der Waals surface area contributed by atoms with E-state index in [9.17, 15) is 9.59 Å². The van der Waals surface area contributed by atoms with Crippen molar-refractivity contribution in [3.63, 3.8) is 0 Å². The molecular formula is C18H18ClN3O4. The van der Waals surface area contributed by atoms with Crippen LogP contribution in [0.1, 0.15) is 6.42 Å². The van der Waals surface area contributed by atoms with Crippen LogP contribution in [0.3, 0.4) is 0 Å². The van der Waals surface area contributed by atoms with E-state index < -0.39 is 5.92 Å². The lowest BCUT2D eigenvalue weighted by Crippen LogP contribution is -2.28. The topological polar surface area (TPSA) is 80.8 Å². The van der Waals surface area contributed by atoms with Crippen molar-refractivity contribution in [1.29, 1.82) is 0 Å². The lowest BCUT2D eigenvalue weighted by Gasteiger charge is -2.20. The zero-order valence-corrected chi connectivity index (χ0v) is 15.1. The number of amides is 2. The van der Waals surface area contributed by atoms with Crippen LogP contribution in [0.4, 0.5) is 11.5 Å². The largest absolute Gasteiger partial charge is 0.497 e. The molecule has 2 heterocycles. The zero-order valence-electron chi connectivity index (χ0n) is 14.4. The number of rotatable bonds is 5. The van der Waals surface area contributed by atoms with Gasteiger partial charge in [0, 0.05) is 25.2 Å². The van der Waals surface area contributed by atoms with Gasteiger partial charge in [-0.15, -0.1) is 0 Å². The highest BCUT2D eigenvalue weighted by Gasteiger charge is 2.36. The van der Waals surface area contributed by atoms with E-state index in [0.29, 0.717) is 28.0 Å². The van der Waals surface area contributed by atoms with E-state index in [2.05, 4.69) is 10.3 Å². The molecule has 0 spiro atoms. The fraction of sp³-hybridized carbons (Fsp3) is 0.278. The van der Waals surface area contributed by atoms with E-state index >= 15 is 0 Å². The fourth-order valence-corrected chi connectivity index (χ4v) is 2.91. The van der Waals surface area contributed by atoms with Crippen LogP contribution in [0.15, 0.2) is 36.5 Å². The number of hydrogen-bond donors (Lipinski definition) is 1. The third-order valence-electron chi connectivity index (χ3n) is 4.15. The number of aromatic nitrogens is 1. The Kier molecular flexibility index (Phi) is 5.27. The molecule has 1 aromatic heterocycles. The van der Waals surface area contributed by atoms with Gasteiger partial charge in [0.1, 0.15) is 17.3 Å². The molecule has 2 aromatic rings. The van der Waals surface area contributed by atoms with Gasteiger partial charge >= 0.3 is 0 Å². The molecular weight excluding hydrogens is 358 g/mol. The fourth-order valence-electron chi connectivity index (χ4n) is 2.80. The Hall–Kier alpha value is -2.80. The van der Waals surface area contributed by atoms with Crippen LogP contribution < -0.4 is 19.7 Å². The monoisotopic (exact) mass is 375 g/mol. The minimum Gasteiger partial charge on any atom is -0.497 e. The first-order valence-electron chi connectivity index (χ1n) is 7.96. The third-order valence-corrected chi connectivity index (χ3v) is 4.38. The van der Waals surface area contributed by atoms with Crippen LogP contribution in [0, 0.1) is 5.92 Å². The Morgan fingerprint density at radius 1 is 1.27 bits per heavy atom. The summed E-state index contributed by atoms with van der Waals surface area (Å²) in [4.78, 5) is 30.5. The van der Waals surface area contributed by atoms with Crippen molar-refractivity contribution < 1.29 is 19.1 Å². The van der Waals surface area contributed by atoms with Crippen molar-refractivity contribution in [2.24, 2.45) is 5.92 Å². The summed E-state index contributed by atoms with van der Waals surface area (Å²) in [6, 6.07) is 8.44. The average Bonchev–Trinajstić information content (AvgIpc) is 3.04. The van der Waals surface area contributed by atoms with Crippen molar-refractivity contribution in [2.45, 2.75) is 6.42 Å². The summed E-state index contributed by atoms with van der Waals surface area (Å²) in [5, 5.41) is 3.19. The number of ether oxygens (including phenoxy) is 2. The van der Waals surface area contributed by atoms with Gasteiger partial charge in [-0.3, -0.25) is 9.59 Å². The molecule has 1 atom stereocenters. The zero-order chi connectivity index (χ0) is 18.7. The lowest BCUT2D eigenvalue weighted by molar-refractivity contribution is -0.122. The summed E-state index contributed by atoms with van der Waals surface area (Å²) in [5.41, 5.74) is 0.609. The quantitative estimate of drug-likeness (QED) is 0.869. The molecule has 1 aromatic carbocycles. The second kappa shape index (κ2) is 7.61. The van der Waals surface area contributed by atoms with E-state index in [1.54, 1.807) is 42.3 Å². The van der Waals surface area contributed by atoms with Crippen molar-refractivity contribution in [3.8, 4) is 11.5 Å². The Bertz CT molecular complexity index is 826. The van der Waals surface area contributed by atoms with Gasteiger partial charge < -0.3 is 19.7 Å².